The zero-order chi connectivity index (χ0) is 34.2. The van der Waals surface area contributed by atoms with Crippen molar-refractivity contribution < 1.29 is 13.6 Å². The van der Waals surface area contributed by atoms with Crippen LogP contribution in [0.25, 0.3) is 42.4 Å². The summed E-state index contributed by atoms with van der Waals surface area (Å²) in [6, 6.07) is 32.0. The Morgan fingerprint density at radius 1 is 0.510 bits per heavy atom. The van der Waals surface area contributed by atoms with Crippen LogP contribution in [-0.4, -0.2) is 13.2 Å². The number of rotatable bonds is 23. The predicted molar refractivity (Wildman–Crippen MR) is 215 cm³/mol. The smallest absolute Gasteiger partial charge is 0.305 e. The van der Waals surface area contributed by atoms with Gasteiger partial charge >= 0.3 is 7.60 Å². The summed E-state index contributed by atoms with van der Waals surface area (Å²) in [7, 11) is -3.64. The second kappa shape index (κ2) is 20.2. The largest absolute Gasteiger partial charge is 0.362 e. The lowest BCUT2D eigenvalue weighted by Crippen LogP contribution is -2.12. The Bertz CT molecular complexity index is 1720. The molecular weight excluding hydrogens is 640 g/mol. The quantitative estimate of drug-likeness (QED) is 0.0504. The Balaban J connectivity index is 1.43. The molecular formula is C44H57O3PS. The van der Waals surface area contributed by atoms with Crippen LogP contribution in [0.3, 0.4) is 0 Å². The Hall–Kier alpha value is -2.75. The summed E-state index contributed by atoms with van der Waals surface area (Å²) in [5, 5.41) is 5.41. The summed E-state index contributed by atoms with van der Waals surface area (Å²) in [5.41, 5.74) is 2.23. The van der Waals surface area contributed by atoms with Crippen molar-refractivity contribution in [3.8, 4) is 20.9 Å². The van der Waals surface area contributed by atoms with E-state index in [9.17, 15) is 0 Å². The number of thiophene rings is 1. The molecule has 1 aromatic heterocycles. The molecule has 0 saturated heterocycles. The maximum Gasteiger partial charge on any atom is 0.362 e. The average Bonchev–Trinajstić information content (AvgIpc) is 3.59. The van der Waals surface area contributed by atoms with Gasteiger partial charge in [-0.25, -0.2) is 0 Å². The molecule has 0 unspecified atom stereocenters. The summed E-state index contributed by atoms with van der Waals surface area (Å²) in [4.78, 5) is 2.07. The van der Waals surface area contributed by atoms with Gasteiger partial charge < -0.3 is 9.05 Å². The predicted octanol–water partition coefficient (Wildman–Crippen LogP) is 14.5. The molecule has 1 heterocycles. The van der Waals surface area contributed by atoms with Gasteiger partial charge in [0, 0.05) is 10.4 Å². The highest BCUT2D eigenvalue weighted by molar-refractivity contribution is 7.63. The van der Waals surface area contributed by atoms with Gasteiger partial charge in [0.15, 0.2) is 0 Å². The highest BCUT2D eigenvalue weighted by Crippen LogP contribution is 2.53. The second-order valence-corrected chi connectivity index (χ2v) is 16.5. The molecule has 0 N–H and O–H groups in total. The van der Waals surface area contributed by atoms with E-state index in [1.165, 1.54) is 93.2 Å². The first kappa shape index (κ1) is 37.5. The van der Waals surface area contributed by atoms with Crippen LogP contribution in [0.5, 0.6) is 0 Å². The number of hydrogen-bond acceptors (Lipinski definition) is 4. The first-order valence-corrected chi connectivity index (χ1v) is 21.5. The van der Waals surface area contributed by atoms with E-state index >= 15 is 4.57 Å². The highest BCUT2D eigenvalue weighted by Gasteiger charge is 2.34. The van der Waals surface area contributed by atoms with Crippen LogP contribution in [0, 0.1) is 0 Å². The van der Waals surface area contributed by atoms with Gasteiger partial charge in [-0.2, -0.15) is 0 Å². The van der Waals surface area contributed by atoms with Crippen molar-refractivity contribution in [1.29, 1.82) is 0 Å². The van der Waals surface area contributed by atoms with Gasteiger partial charge in [-0.15, -0.1) is 11.3 Å². The minimum Gasteiger partial charge on any atom is -0.305 e. The second-order valence-electron chi connectivity index (χ2n) is 13.5. The summed E-state index contributed by atoms with van der Waals surface area (Å²) >= 11 is 1.70. The van der Waals surface area contributed by atoms with Gasteiger partial charge in [0.2, 0.25) is 0 Å². The van der Waals surface area contributed by atoms with E-state index in [0.29, 0.717) is 18.5 Å². The SMILES string of the molecule is CCCCCCCCCCOP(=O)(OCCCCCCCCCC)c1cc(-c2cccc3ccccc23)sc1-c1cccc2ccccc12. The minimum absolute atomic E-state index is 0.443. The fourth-order valence-corrected chi connectivity index (χ4v) is 10.2. The normalized spacial score (nSPS) is 12.0. The standard InChI is InChI=1S/C44H57O3PS/c1-3-5-7-9-11-13-15-21-33-46-48(45,47-34-22-16-14-12-10-8-6-4-2)42-35-43(40-31-23-27-36-25-17-19-29-38(36)40)49-44(42)41-32-24-28-37-26-18-20-30-39(37)41/h17-20,23-32,35H,3-16,21-22,33-34H2,1-2H3. The van der Waals surface area contributed by atoms with E-state index < -0.39 is 7.60 Å². The van der Waals surface area contributed by atoms with E-state index in [1.54, 1.807) is 11.3 Å². The van der Waals surface area contributed by atoms with Gasteiger partial charge in [0.05, 0.1) is 23.4 Å². The molecule has 262 valence electrons. The third-order valence-electron chi connectivity index (χ3n) is 9.62. The monoisotopic (exact) mass is 696 g/mol. The fraction of sp³-hybridized carbons (Fsp3) is 0.455. The molecule has 0 amide bonds. The van der Waals surface area contributed by atoms with Crippen molar-refractivity contribution in [2.24, 2.45) is 0 Å². The van der Waals surface area contributed by atoms with Crippen molar-refractivity contribution in [2.45, 2.75) is 117 Å². The van der Waals surface area contributed by atoms with Crippen LogP contribution in [0.2, 0.25) is 0 Å². The van der Waals surface area contributed by atoms with Crippen molar-refractivity contribution >= 4 is 45.8 Å². The molecule has 0 aliphatic rings. The molecule has 0 saturated carbocycles. The summed E-state index contributed by atoms with van der Waals surface area (Å²) < 4.78 is 28.2. The summed E-state index contributed by atoms with van der Waals surface area (Å²) in [5.74, 6) is 0. The summed E-state index contributed by atoms with van der Waals surface area (Å²) in [6.45, 7) is 5.41. The van der Waals surface area contributed by atoms with E-state index in [1.807, 2.05) is 0 Å². The fourth-order valence-electron chi connectivity index (χ4n) is 6.79. The molecule has 3 nitrogen and oxygen atoms in total. The zero-order valence-electron chi connectivity index (χ0n) is 30.0. The third kappa shape index (κ3) is 10.6. The molecule has 0 atom stereocenters. The maximum absolute atomic E-state index is 15.2. The average molecular weight is 697 g/mol. The molecule has 0 aliphatic carbocycles. The van der Waals surface area contributed by atoms with Gasteiger partial charge in [-0.1, -0.05) is 189 Å². The molecule has 0 fully saturated rings. The Morgan fingerprint density at radius 3 is 1.47 bits per heavy atom. The minimum atomic E-state index is -3.64. The van der Waals surface area contributed by atoms with E-state index in [0.717, 1.165) is 52.0 Å². The molecule has 0 bridgehead atoms. The lowest BCUT2D eigenvalue weighted by Gasteiger charge is -2.20. The molecule has 5 rings (SSSR count). The Kier molecular flexibility index (Phi) is 15.5. The van der Waals surface area contributed by atoms with E-state index in [-0.39, 0.29) is 0 Å². The van der Waals surface area contributed by atoms with Crippen molar-refractivity contribution in [2.75, 3.05) is 13.2 Å². The van der Waals surface area contributed by atoms with Crippen LogP contribution in [0.15, 0.2) is 91.0 Å². The molecule has 0 aliphatic heterocycles. The highest BCUT2D eigenvalue weighted by atomic mass is 32.1. The number of benzene rings is 4. The van der Waals surface area contributed by atoms with Crippen LogP contribution in [0.4, 0.5) is 0 Å². The van der Waals surface area contributed by atoms with Crippen LogP contribution in [0.1, 0.15) is 117 Å². The molecule has 49 heavy (non-hydrogen) atoms. The van der Waals surface area contributed by atoms with Crippen LogP contribution < -0.4 is 5.30 Å². The van der Waals surface area contributed by atoms with Crippen molar-refractivity contribution in [3.05, 3.63) is 91.0 Å². The number of hydrogen-bond donors (Lipinski definition) is 0. The number of unbranched alkanes of at least 4 members (excludes halogenated alkanes) is 14. The van der Waals surface area contributed by atoms with E-state index in [2.05, 4.69) is 105 Å². The Morgan fingerprint density at radius 2 is 0.939 bits per heavy atom. The first-order chi connectivity index (χ1) is 24.1. The molecule has 5 heteroatoms. The van der Waals surface area contributed by atoms with Gasteiger partial charge in [-0.3, -0.25) is 4.57 Å². The van der Waals surface area contributed by atoms with Crippen molar-refractivity contribution in [1.82, 2.24) is 0 Å². The molecule has 0 radical (unpaired) electrons. The topological polar surface area (TPSA) is 35.5 Å². The lowest BCUT2D eigenvalue weighted by atomic mass is 10.0. The van der Waals surface area contributed by atoms with Crippen molar-refractivity contribution in [3.63, 3.8) is 0 Å². The molecule has 4 aromatic carbocycles. The first-order valence-electron chi connectivity index (χ1n) is 19.1. The van der Waals surface area contributed by atoms with Crippen LogP contribution in [-0.2, 0) is 13.6 Å². The zero-order valence-corrected chi connectivity index (χ0v) is 31.7. The lowest BCUT2D eigenvalue weighted by molar-refractivity contribution is 0.206. The van der Waals surface area contributed by atoms with Gasteiger partial charge in [0.1, 0.15) is 0 Å². The maximum atomic E-state index is 15.2. The van der Waals surface area contributed by atoms with Gasteiger partial charge in [0.25, 0.3) is 0 Å². The summed E-state index contributed by atoms with van der Waals surface area (Å²) in [6.07, 6.45) is 19.3. The molecule has 0 spiro atoms. The molecule has 5 aromatic rings. The van der Waals surface area contributed by atoms with Crippen LogP contribution >= 0.6 is 18.9 Å². The van der Waals surface area contributed by atoms with E-state index in [4.69, 9.17) is 9.05 Å². The Labute approximate surface area is 300 Å². The number of fused-ring (bicyclic) bond motifs is 2. The van der Waals surface area contributed by atoms with Gasteiger partial charge in [-0.05, 0) is 46.0 Å². The third-order valence-corrected chi connectivity index (χ3v) is 13.0.